The van der Waals surface area contributed by atoms with Crippen LogP contribution in [0.15, 0.2) is 146 Å². The Balaban J connectivity index is 0.000000144. The zero-order chi connectivity index (χ0) is 33.6. The predicted octanol–water partition coefficient (Wildman–Crippen LogP) is 14.0. The summed E-state index contributed by atoms with van der Waals surface area (Å²) in [6, 6.07) is 52.9. The molecule has 4 heteroatoms. The molecule has 0 fully saturated rings. The number of hydrogen-bond donors (Lipinski definition) is 0. The molecule has 0 aliphatic carbocycles. The van der Waals surface area contributed by atoms with Gasteiger partial charge in [-0.3, -0.25) is 0 Å². The Morgan fingerprint density at radius 1 is 0.479 bits per heavy atom. The third kappa shape index (κ3) is 7.87. The summed E-state index contributed by atoms with van der Waals surface area (Å²) in [6.07, 6.45) is 2.17. The molecule has 48 heavy (non-hydrogen) atoms. The first-order valence-electron chi connectivity index (χ1n) is 16.7. The summed E-state index contributed by atoms with van der Waals surface area (Å²) in [6.45, 7) is 4.43. The minimum absolute atomic E-state index is 0.972. The van der Waals surface area contributed by atoms with Crippen molar-refractivity contribution in [1.82, 2.24) is 0 Å². The number of hydrogen-bond acceptors (Lipinski definition) is 0. The van der Waals surface area contributed by atoms with E-state index >= 15 is 0 Å². The molecule has 0 amide bonds. The Hall–Kier alpha value is -2.68. The molecule has 0 aliphatic heterocycles. The maximum absolute atomic E-state index is 5.66. The van der Waals surface area contributed by atoms with Gasteiger partial charge in [-0.25, -0.2) is 0 Å². The van der Waals surface area contributed by atoms with E-state index in [0.29, 0.717) is 0 Å². The van der Waals surface area contributed by atoms with Crippen molar-refractivity contribution in [2.24, 2.45) is 0 Å². The summed E-state index contributed by atoms with van der Waals surface area (Å²) in [7, 11) is 11.3. The van der Waals surface area contributed by atoms with E-state index in [2.05, 4.69) is 169 Å². The molecule has 0 spiro atoms. The van der Waals surface area contributed by atoms with Gasteiger partial charge < -0.3 is 0 Å². The molecule has 0 aromatic heterocycles. The molecule has 0 saturated carbocycles. The molecular weight excluding hydrogens is 809 g/mol. The molecule has 0 heterocycles. The van der Waals surface area contributed by atoms with Gasteiger partial charge in [0.2, 0.25) is 0 Å². The number of benzene rings is 6. The van der Waals surface area contributed by atoms with E-state index in [4.69, 9.17) is 17.0 Å². The summed E-state index contributed by atoms with van der Waals surface area (Å²) in [5.74, 6) is 0. The van der Waals surface area contributed by atoms with Crippen LogP contribution in [0.2, 0.25) is 9.88 Å². The molecule has 0 radical (unpaired) electrons. The second-order valence-corrected chi connectivity index (χ2v) is 60.6. The van der Waals surface area contributed by atoms with Crippen molar-refractivity contribution < 1.29 is 14.5 Å². The van der Waals surface area contributed by atoms with Gasteiger partial charge in [0, 0.05) is 0 Å². The van der Waals surface area contributed by atoms with Gasteiger partial charge in [-0.05, 0) is 45.5 Å². The number of fused-ring (bicyclic) bond motifs is 4. The normalized spacial score (nSPS) is 10.9. The van der Waals surface area contributed by atoms with Gasteiger partial charge in [-0.2, -0.15) is 12.1 Å². The van der Waals surface area contributed by atoms with E-state index in [1.54, 1.807) is 0 Å². The third-order valence-corrected chi connectivity index (χ3v) is 53.6. The minimum atomic E-state index is -1.56. The summed E-state index contributed by atoms with van der Waals surface area (Å²) >= 11 is -2.53. The van der Waals surface area contributed by atoms with Crippen LogP contribution in [0.1, 0.15) is 25.0 Å². The fourth-order valence-electron chi connectivity index (χ4n) is 6.39. The average molecular weight is 850 g/mol. The zero-order valence-electron chi connectivity index (χ0n) is 28.0. The molecule has 0 N–H and O–H groups in total. The van der Waals surface area contributed by atoms with Crippen LogP contribution in [-0.4, -0.2) is 14.6 Å². The van der Waals surface area contributed by atoms with Crippen LogP contribution in [0.4, 0.5) is 0 Å². The molecule has 0 saturated heterocycles. The van der Waals surface area contributed by atoms with Gasteiger partial charge in [0.25, 0.3) is 0 Å². The van der Waals surface area contributed by atoms with E-state index in [-0.39, 0.29) is 0 Å². The first-order valence-corrected chi connectivity index (χ1v) is 38.4. The van der Waals surface area contributed by atoms with Crippen molar-refractivity contribution in [3.05, 3.63) is 157 Å². The first kappa shape index (κ1) is 35.2. The summed E-state index contributed by atoms with van der Waals surface area (Å²) in [4.78, 5) is 4.52. The molecule has 0 nitrogen and oxygen atoms in total. The molecule has 0 atom stereocenters. The molecule has 0 bridgehead atoms. The quantitative estimate of drug-likeness (QED) is 0.122. The van der Waals surface area contributed by atoms with Crippen molar-refractivity contribution in [1.29, 1.82) is 0 Å². The fourth-order valence-corrected chi connectivity index (χ4v) is 6.39. The maximum atomic E-state index is 5.66. The van der Waals surface area contributed by atoms with E-state index in [1.165, 1.54) is 76.5 Å². The van der Waals surface area contributed by atoms with E-state index < -0.39 is 29.1 Å². The van der Waals surface area contributed by atoms with E-state index in [9.17, 15) is 0 Å². The van der Waals surface area contributed by atoms with Crippen molar-refractivity contribution in [2.45, 2.75) is 36.6 Å². The monoisotopic (exact) mass is 848 g/mol. The Morgan fingerprint density at radius 3 is 1.19 bits per heavy atom. The molecular formula is C44H40Cl2SnZr-2. The van der Waals surface area contributed by atoms with E-state index in [0.717, 1.165) is 12.8 Å². The summed E-state index contributed by atoms with van der Waals surface area (Å²) in [5, 5.41) is 10.7. The van der Waals surface area contributed by atoms with Crippen molar-refractivity contribution >= 4 is 74.7 Å². The summed E-state index contributed by atoms with van der Waals surface area (Å²) in [5.41, 5.74) is 8.15. The zero-order valence-corrected chi connectivity index (χ0v) is 34.9. The number of rotatable bonds is 4. The summed E-state index contributed by atoms with van der Waals surface area (Å²) < 4.78 is 0. The third-order valence-electron chi connectivity index (χ3n) is 8.98. The van der Waals surface area contributed by atoms with Crippen LogP contribution in [0.25, 0.3) is 65.3 Å². The molecule has 0 aliphatic rings. The molecule has 240 valence electrons. The van der Waals surface area contributed by atoms with Crippen LogP contribution >= 0.6 is 17.0 Å². The Morgan fingerprint density at radius 2 is 0.812 bits per heavy atom. The van der Waals surface area contributed by atoms with Crippen LogP contribution < -0.4 is 0 Å². The second kappa shape index (κ2) is 16.4. The van der Waals surface area contributed by atoms with Crippen molar-refractivity contribution in [3.63, 3.8) is 0 Å². The predicted molar refractivity (Wildman–Crippen MR) is 213 cm³/mol. The molecule has 8 aromatic carbocycles. The van der Waals surface area contributed by atoms with E-state index in [1.807, 2.05) is 0 Å². The topological polar surface area (TPSA) is 0 Å². The molecule has 0 unspecified atom stereocenters. The SMILES string of the molecule is CCc1cc2c(-c3cccc4ccccc34)cccc2[cH-]1.CCc1cc2c(-c3cccc4ccccc34)cccc2[cH-]1.[CH3][Sn]([CH3])=[Zr]([Cl])[Cl]. The number of aryl methyl sites for hydroxylation is 2. The average Bonchev–Trinajstić information content (AvgIpc) is 3.76. The van der Waals surface area contributed by atoms with Gasteiger partial charge >= 0.3 is 56.0 Å². The second-order valence-electron chi connectivity index (χ2n) is 12.4. The number of halogens is 2. The van der Waals surface area contributed by atoms with Crippen LogP contribution in [-0.2, 0) is 27.4 Å². The fraction of sp³-hybridized carbons (Fsp3) is 0.136. The van der Waals surface area contributed by atoms with Gasteiger partial charge in [-0.15, -0.1) is 69.1 Å². The molecule has 8 rings (SSSR count). The Bertz CT molecular complexity index is 2190. The molecule has 8 aromatic rings. The van der Waals surface area contributed by atoms with Gasteiger partial charge in [0.1, 0.15) is 0 Å². The van der Waals surface area contributed by atoms with Crippen molar-refractivity contribution in [2.75, 3.05) is 0 Å². The standard InChI is InChI=1S/2C21H17.2CH3.2ClH.Sn.Zr/c2*1-2-15-13-17-9-6-12-20(21(17)14-15)19-11-5-8-16-7-3-4-10-18(16)19;;;;;;/h2*3-14H,2H2,1H3;2*1H3;2*1H;;/q2*-1;;;;;;+2/p-2. The van der Waals surface area contributed by atoms with Crippen LogP contribution in [0, 0.1) is 0 Å². The Labute approximate surface area is 301 Å². The Kier molecular flexibility index (Phi) is 12.0. The van der Waals surface area contributed by atoms with Gasteiger partial charge in [-0.1, -0.05) is 122 Å². The van der Waals surface area contributed by atoms with Gasteiger partial charge in [0.15, 0.2) is 0 Å². The van der Waals surface area contributed by atoms with Crippen molar-refractivity contribution in [3.8, 4) is 22.3 Å². The van der Waals surface area contributed by atoms with Crippen LogP contribution in [0.3, 0.4) is 0 Å². The first-order chi connectivity index (χ1) is 23.4. The van der Waals surface area contributed by atoms with Gasteiger partial charge in [0.05, 0.1) is 0 Å². The van der Waals surface area contributed by atoms with Crippen LogP contribution in [0.5, 0.6) is 0 Å².